The van der Waals surface area contributed by atoms with Crippen LogP contribution in [-0.4, -0.2) is 4.98 Å². The molecule has 0 aliphatic rings. The highest BCUT2D eigenvalue weighted by Crippen LogP contribution is 2.31. The first-order valence-electron chi connectivity index (χ1n) is 7.42. The Morgan fingerprint density at radius 2 is 1.55 bits per heavy atom. The van der Waals surface area contributed by atoms with Crippen LogP contribution in [0, 0.1) is 6.92 Å². The predicted molar refractivity (Wildman–Crippen MR) is 93.7 cm³/mol. The molecule has 2 heteroatoms. The van der Waals surface area contributed by atoms with Crippen LogP contribution in [-0.2, 0) is 0 Å². The van der Waals surface area contributed by atoms with Gasteiger partial charge in [0, 0.05) is 27.8 Å². The maximum Gasteiger partial charge on any atom is 0.0804 e. The van der Waals surface area contributed by atoms with E-state index in [0.29, 0.717) is 0 Å². The van der Waals surface area contributed by atoms with Crippen molar-refractivity contribution in [2.45, 2.75) is 6.92 Å². The Morgan fingerprint density at radius 3 is 2.41 bits per heavy atom. The molecule has 0 fully saturated rings. The second-order valence-corrected chi connectivity index (χ2v) is 5.49. The van der Waals surface area contributed by atoms with E-state index in [-0.39, 0.29) is 0 Å². The first kappa shape index (κ1) is 12.8. The number of anilines is 2. The Bertz CT molecular complexity index is 959. The van der Waals surface area contributed by atoms with Crippen molar-refractivity contribution in [1.82, 2.24) is 4.98 Å². The van der Waals surface area contributed by atoms with Crippen molar-refractivity contribution >= 4 is 33.1 Å². The van der Waals surface area contributed by atoms with E-state index in [1.165, 1.54) is 10.8 Å². The number of benzene rings is 3. The number of para-hydroxylation sites is 1. The SMILES string of the molecule is Cc1cc(Nc2ccccc2)c2ccc3ccccc3c2n1. The van der Waals surface area contributed by atoms with Gasteiger partial charge >= 0.3 is 0 Å². The molecular weight excluding hydrogens is 268 g/mol. The topological polar surface area (TPSA) is 24.9 Å². The molecule has 0 spiro atoms. The third-order valence-electron chi connectivity index (χ3n) is 3.88. The van der Waals surface area contributed by atoms with Gasteiger partial charge in [0.25, 0.3) is 0 Å². The zero-order valence-corrected chi connectivity index (χ0v) is 12.4. The van der Waals surface area contributed by atoms with Crippen molar-refractivity contribution in [1.29, 1.82) is 0 Å². The maximum absolute atomic E-state index is 4.77. The largest absolute Gasteiger partial charge is 0.355 e. The molecule has 1 aromatic heterocycles. The van der Waals surface area contributed by atoms with Gasteiger partial charge in [-0.1, -0.05) is 54.6 Å². The van der Waals surface area contributed by atoms with Gasteiger partial charge in [-0.05, 0) is 30.5 Å². The van der Waals surface area contributed by atoms with Crippen molar-refractivity contribution in [3.63, 3.8) is 0 Å². The molecule has 0 unspecified atom stereocenters. The first-order valence-corrected chi connectivity index (χ1v) is 7.42. The summed E-state index contributed by atoms with van der Waals surface area (Å²) in [6, 6.07) is 25.0. The first-order chi connectivity index (χ1) is 10.8. The fourth-order valence-corrected chi connectivity index (χ4v) is 2.87. The number of hydrogen-bond acceptors (Lipinski definition) is 2. The third-order valence-corrected chi connectivity index (χ3v) is 3.88. The van der Waals surface area contributed by atoms with Crippen LogP contribution >= 0.6 is 0 Å². The van der Waals surface area contributed by atoms with E-state index in [0.717, 1.165) is 28.0 Å². The summed E-state index contributed by atoms with van der Waals surface area (Å²) in [5.41, 5.74) is 4.25. The molecule has 0 amide bonds. The number of aromatic nitrogens is 1. The van der Waals surface area contributed by atoms with Gasteiger partial charge in [0.05, 0.1) is 5.52 Å². The van der Waals surface area contributed by atoms with E-state index in [1.54, 1.807) is 0 Å². The van der Waals surface area contributed by atoms with Crippen LogP contribution in [0.25, 0.3) is 21.7 Å². The molecule has 0 aliphatic heterocycles. The van der Waals surface area contributed by atoms with Crippen LogP contribution in [0.3, 0.4) is 0 Å². The highest BCUT2D eigenvalue weighted by Gasteiger charge is 2.07. The van der Waals surface area contributed by atoms with Gasteiger partial charge in [0.1, 0.15) is 0 Å². The molecule has 106 valence electrons. The second kappa shape index (κ2) is 5.15. The molecule has 2 nitrogen and oxygen atoms in total. The lowest BCUT2D eigenvalue weighted by Crippen LogP contribution is -1.95. The molecular formula is C20H16N2. The number of rotatable bonds is 2. The predicted octanol–water partition coefficient (Wildman–Crippen LogP) is 5.44. The summed E-state index contributed by atoms with van der Waals surface area (Å²) in [5.74, 6) is 0. The van der Waals surface area contributed by atoms with E-state index >= 15 is 0 Å². The van der Waals surface area contributed by atoms with E-state index in [9.17, 15) is 0 Å². The highest BCUT2D eigenvalue weighted by atomic mass is 14.9. The highest BCUT2D eigenvalue weighted by molar-refractivity contribution is 6.09. The van der Waals surface area contributed by atoms with Gasteiger partial charge in [-0.3, -0.25) is 4.98 Å². The molecule has 0 atom stereocenters. The molecule has 0 aliphatic carbocycles. The summed E-state index contributed by atoms with van der Waals surface area (Å²) in [7, 11) is 0. The summed E-state index contributed by atoms with van der Waals surface area (Å²) >= 11 is 0. The number of aryl methyl sites for hydroxylation is 1. The van der Waals surface area contributed by atoms with Gasteiger partial charge < -0.3 is 5.32 Å². The van der Waals surface area contributed by atoms with Crippen LogP contribution < -0.4 is 5.32 Å². The van der Waals surface area contributed by atoms with Gasteiger partial charge in [0.15, 0.2) is 0 Å². The summed E-state index contributed by atoms with van der Waals surface area (Å²) in [4.78, 5) is 4.77. The second-order valence-electron chi connectivity index (χ2n) is 5.49. The van der Waals surface area contributed by atoms with E-state index < -0.39 is 0 Å². The van der Waals surface area contributed by atoms with Crippen molar-refractivity contribution in [2.75, 3.05) is 5.32 Å². The quantitative estimate of drug-likeness (QED) is 0.496. The van der Waals surface area contributed by atoms with Gasteiger partial charge in [-0.15, -0.1) is 0 Å². The van der Waals surface area contributed by atoms with Crippen LogP contribution in [0.15, 0.2) is 72.8 Å². The van der Waals surface area contributed by atoms with E-state index in [1.807, 2.05) is 25.1 Å². The van der Waals surface area contributed by atoms with Crippen LogP contribution in [0.5, 0.6) is 0 Å². The summed E-state index contributed by atoms with van der Waals surface area (Å²) < 4.78 is 0. The molecule has 22 heavy (non-hydrogen) atoms. The number of hydrogen-bond donors (Lipinski definition) is 1. The zero-order chi connectivity index (χ0) is 14.9. The number of pyridine rings is 1. The Morgan fingerprint density at radius 1 is 0.773 bits per heavy atom. The fourth-order valence-electron chi connectivity index (χ4n) is 2.87. The number of fused-ring (bicyclic) bond motifs is 3. The van der Waals surface area contributed by atoms with E-state index in [4.69, 9.17) is 4.98 Å². The number of nitrogens with zero attached hydrogens (tertiary/aromatic N) is 1. The smallest absolute Gasteiger partial charge is 0.0804 e. The van der Waals surface area contributed by atoms with Crippen molar-refractivity contribution < 1.29 is 0 Å². The standard InChI is InChI=1S/C20H16N2/c1-14-13-19(22-16-8-3-2-4-9-16)18-12-11-15-7-5-6-10-17(15)20(18)21-14/h2-13H,1H3,(H,21,22). The van der Waals surface area contributed by atoms with Crippen molar-refractivity contribution in [3.8, 4) is 0 Å². The van der Waals surface area contributed by atoms with Gasteiger partial charge in [0.2, 0.25) is 0 Å². The fraction of sp³-hybridized carbons (Fsp3) is 0.0500. The molecule has 0 radical (unpaired) electrons. The zero-order valence-electron chi connectivity index (χ0n) is 12.4. The van der Waals surface area contributed by atoms with Crippen LogP contribution in [0.4, 0.5) is 11.4 Å². The minimum atomic E-state index is 1.02. The lowest BCUT2D eigenvalue weighted by Gasteiger charge is -2.12. The molecule has 3 aromatic carbocycles. The minimum absolute atomic E-state index is 1.02. The lowest BCUT2D eigenvalue weighted by atomic mass is 10.0. The van der Waals surface area contributed by atoms with Crippen LogP contribution in [0.1, 0.15) is 5.69 Å². The Labute approximate surface area is 129 Å². The summed E-state index contributed by atoms with van der Waals surface area (Å²) in [6.45, 7) is 2.04. The average Bonchev–Trinajstić information content (AvgIpc) is 2.55. The molecule has 4 rings (SSSR count). The van der Waals surface area contributed by atoms with Crippen LogP contribution in [0.2, 0.25) is 0 Å². The Hall–Kier alpha value is -2.87. The molecule has 1 N–H and O–H groups in total. The van der Waals surface area contributed by atoms with Gasteiger partial charge in [-0.25, -0.2) is 0 Å². The van der Waals surface area contributed by atoms with E-state index in [2.05, 4.69) is 59.9 Å². The van der Waals surface area contributed by atoms with Crippen molar-refractivity contribution in [2.24, 2.45) is 0 Å². The maximum atomic E-state index is 4.77. The van der Waals surface area contributed by atoms with Gasteiger partial charge in [-0.2, -0.15) is 0 Å². The summed E-state index contributed by atoms with van der Waals surface area (Å²) in [6.07, 6.45) is 0. The summed E-state index contributed by atoms with van der Waals surface area (Å²) in [5, 5.41) is 7.07. The normalized spacial score (nSPS) is 11.0. The molecule has 0 saturated carbocycles. The Balaban J connectivity index is 1.97. The molecule has 1 heterocycles. The monoisotopic (exact) mass is 284 g/mol. The lowest BCUT2D eigenvalue weighted by molar-refractivity contribution is 1.26. The number of nitrogens with one attached hydrogen (secondary N) is 1. The molecule has 0 bridgehead atoms. The molecule has 4 aromatic rings. The molecule has 0 saturated heterocycles. The van der Waals surface area contributed by atoms with Crippen molar-refractivity contribution in [3.05, 3.63) is 78.5 Å². The minimum Gasteiger partial charge on any atom is -0.355 e. The third kappa shape index (κ3) is 2.19. The average molecular weight is 284 g/mol. The Kier molecular flexibility index (Phi) is 3.01.